The van der Waals surface area contributed by atoms with Gasteiger partial charge in [-0.25, -0.2) is 4.79 Å². The number of likely N-dealkylation sites (tertiary alicyclic amines) is 1. The van der Waals surface area contributed by atoms with Crippen LogP contribution in [0.1, 0.15) is 47.1 Å². The molecule has 0 aliphatic carbocycles. The average molecular weight is 744 g/mol. The predicted molar refractivity (Wildman–Crippen MR) is 182 cm³/mol. The van der Waals surface area contributed by atoms with E-state index in [4.69, 9.17) is 18.9 Å². The van der Waals surface area contributed by atoms with Crippen molar-refractivity contribution >= 4 is 11.9 Å². The quantitative estimate of drug-likeness (QED) is 0.0900. The van der Waals surface area contributed by atoms with E-state index in [0.717, 1.165) is 42.5 Å². The first-order valence-corrected chi connectivity index (χ1v) is 16.9. The lowest BCUT2D eigenvalue weighted by Gasteiger charge is -2.34. The van der Waals surface area contributed by atoms with Crippen LogP contribution in [0, 0.1) is 0 Å². The lowest BCUT2D eigenvalue weighted by Crippen LogP contribution is -2.52. The second-order valence-electron chi connectivity index (χ2n) is 12.7. The van der Waals surface area contributed by atoms with Crippen molar-refractivity contribution < 1.29 is 54.9 Å². The summed E-state index contributed by atoms with van der Waals surface area (Å²) in [5.74, 6) is -1.39. The number of carbonyl (C=O) groups excluding carboxylic acids is 2. The topological polar surface area (TPSA) is 74.3 Å². The SMILES string of the molecule is COc1ccc(CN2C(=O)C[C@@H](OCc3ccccc3)[C@@H]2CC[C@@H](Cc2cccc(C(F)(F)F)c2)OC(=O)[C@](OC)(c2ccccc2)C(F)(F)F)cc1. The number of rotatable bonds is 15. The molecule has 13 heteroatoms. The Morgan fingerprint density at radius 3 is 2.02 bits per heavy atom. The molecule has 1 saturated heterocycles. The first-order chi connectivity index (χ1) is 25.2. The van der Waals surface area contributed by atoms with Gasteiger partial charge < -0.3 is 23.8 Å². The maximum Gasteiger partial charge on any atom is 0.432 e. The van der Waals surface area contributed by atoms with Crippen molar-refractivity contribution in [3.8, 4) is 5.75 Å². The number of hydrogen-bond donors (Lipinski definition) is 0. The highest BCUT2D eigenvalue weighted by atomic mass is 19.4. The minimum absolute atomic E-state index is 0.0145. The molecule has 1 fully saturated rings. The van der Waals surface area contributed by atoms with Crippen LogP contribution in [0.4, 0.5) is 26.3 Å². The first kappa shape index (κ1) is 39.3. The number of halogens is 6. The molecule has 0 spiro atoms. The number of carbonyl (C=O) groups is 2. The molecule has 0 bridgehead atoms. The van der Waals surface area contributed by atoms with Gasteiger partial charge in [0.1, 0.15) is 11.9 Å². The predicted octanol–water partition coefficient (Wildman–Crippen LogP) is 8.44. The zero-order chi connectivity index (χ0) is 38.2. The van der Waals surface area contributed by atoms with E-state index in [2.05, 4.69) is 0 Å². The smallest absolute Gasteiger partial charge is 0.432 e. The molecule has 4 atom stereocenters. The summed E-state index contributed by atoms with van der Waals surface area (Å²) in [5, 5.41) is 0. The van der Waals surface area contributed by atoms with E-state index >= 15 is 0 Å². The highest BCUT2D eigenvalue weighted by Crippen LogP contribution is 2.43. The molecular formula is C40H39F6NO6. The Bertz CT molecular complexity index is 1800. The number of benzene rings is 4. The second kappa shape index (κ2) is 16.9. The molecular weight excluding hydrogens is 704 g/mol. The molecule has 1 heterocycles. The number of methoxy groups -OCH3 is 2. The fourth-order valence-corrected chi connectivity index (χ4v) is 6.55. The molecule has 0 radical (unpaired) electrons. The van der Waals surface area contributed by atoms with Gasteiger partial charge in [-0.3, -0.25) is 4.79 Å². The Morgan fingerprint density at radius 1 is 0.792 bits per heavy atom. The summed E-state index contributed by atoms with van der Waals surface area (Å²) in [6.07, 6.45) is -12.4. The fourth-order valence-electron chi connectivity index (χ4n) is 6.55. The molecule has 0 unspecified atom stereocenters. The van der Waals surface area contributed by atoms with Gasteiger partial charge in [0.25, 0.3) is 5.60 Å². The molecule has 5 rings (SSSR count). The van der Waals surface area contributed by atoms with Crippen molar-refractivity contribution in [2.75, 3.05) is 14.2 Å². The maximum atomic E-state index is 14.8. The van der Waals surface area contributed by atoms with Gasteiger partial charge in [-0.1, -0.05) is 91.0 Å². The molecule has 4 aromatic rings. The third-order valence-corrected chi connectivity index (χ3v) is 9.29. The van der Waals surface area contributed by atoms with Crippen molar-refractivity contribution in [1.29, 1.82) is 0 Å². The number of amides is 1. The number of hydrogen-bond acceptors (Lipinski definition) is 6. The number of esters is 1. The van der Waals surface area contributed by atoms with Crippen LogP contribution in [0.25, 0.3) is 0 Å². The first-order valence-electron chi connectivity index (χ1n) is 16.9. The van der Waals surface area contributed by atoms with E-state index in [1.54, 1.807) is 29.2 Å². The van der Waals surface area contributed by atoms with Crippen LogP contribution in [0.3, 0.4) is 0 Å². The summed E-state index contributed by atoms with van der Waals surface area (Å²) in [4.78, 5) is 28.9. The van der Waals surface area contributed by atoms with Gasteiger partial charge in [0.2, 0.25) is 5.91 Å². The Morgan fingerprint density at radius 2 is 1.42 bits per heavy atom. The minimum Gasteiger partial charge on any atom is -0.497 e. The van der Waals surface area contributed by atoms with Crippen molar-refractivity contribution in [1.82, 2.24) is 4.90 Å². The molecule has 53 heavy (non-hydrogen) atoms. The molecule has 1 aliphatic rings. The zero-order valence-electron chi connectivity index (χ0n) is 29.0. The number of alkyl halides is 6. The van der Waals surface area contributed by atoms with Gasteiger partial charge in [0.05, 0.1) is 37.8 Å². The normalized spacial score (nSPS) is 18.0. The van der Waals surface area contributed by atoms with Crippen molar-refractivity contribution in [3.63, 3.8) is 0 Å². The van der Waals surface area contributed by atoms with Crippen molar-refractivity contribution in [3.05, 3.63) is 137 Å². The van der Waals surface area contributed by atoms with Gasteiger partial charge in [0.15, 0.2) is 0 Å². The van der Waals surface area contributed by atoms with Crippen LogP contribution in [-0.4, -0.2) is 55.4 Å². The summed E-state index contributed by atoms with van der Waals surface area (Å²) in [5.41, 5.74) is -3.30. The summed E-state index contributed by atoms with van der Waals surface area (Å²) < 4.78 is 107. The van der Waals surface area contributed by atoms with Crippen LogP contribution in [0.5, 0.6) is 5.75 Å². The standard InChI is InChI=1S/C40H39F6NO6/c1-50-32-18-16-27(17-19-32)25-47-34(35(24-36(47)48)52-26-28-10-5-3-6-11-28)21-20-33(23-29-12-9-15-31(22-29)39(41,42)43)53-37(49)38(51-2,40(44,45)46)30-13-7-4-8-14-30/h3-19,22,33-35H,20-21,23-26H2,1-2H3/t33-,34-,35+,38+/m0/s1. The van der Waals surface area contributed by atoms with Crippen LogP contribution in [0.15, 0.2) is 109 Å². The number of ether oxygens (including phenoxy) is 4. The van der Waals surface area contributed by atoms with E-state index in [1.165, 1.54) is 37.4 Å². The highest BCUT2D eigenvalue weighted by molar-refractivity contribution is 5.83. The molecule has 7 nitrogen and oxygen atoms in total. The van der Waals surface area contributed by atoms with Crippen LogP contribution in [0.2, 0.25) is 0 Å². The van der Waals surface area contributed by atoms with E-state index in [-0.39, 0.29) is 50.3 Å². The summed E-state index contributed by atoms with van der Waals surface area (Å²) in [6, 6.07) is 26.3. The van der Waals surface area contributed by atoms with E-state index in [0.29, 0.717) is 5.75 Å². The molecule has 1 amide bonds. The molecule has 0 aromatic heterocycles. The highest BCUT2D eigenvalue weighted by Gasteiger charge is 2.64. The summed E-state index contributed by atoms with van der Waals surface area (Å²) in [6.45, 7) is 0.346. The van der Waals surface area contributed by atoms with Crippen LogP contribution >= 0.6 is 0 Å². The molecule has 0 N–H and O–H groups in total. The van der Waals surface area contributed by atoms with Crippen LogP contribution in [-0.2, 0) is 55.1 Å². The average Bonchev–Trinajstić information content (AvgIpc) is 3.43. The van der Waals surface area contributed by atoms with Gasteiger partial charge in [-0.15, -0.1) is 0 Å². The Kier molecular flexibility index (Phi) is 12.5. The Balaban J connectivity index is 1.47. The molecule has 282 valence electrons. The third-order valence-electron chi connectivity index (χ3n) is 9.29. The van der Waals surface area contributed by atoms with Crippen LogP contribution < -0.4 is 4.74 Å². The molecule has 4 aromatic carbocycles. The third kappa shape index (κ3) is 9.38. The van der Waals surface area contributed by atoms with Gasteiger partial charge >= 0.3 is 18.3 Å². The van der Waals surface area contributed by atoms with E-state index in [9.17, 15) is 35.9 Å². The Labute approximate surface area is 303 Å². The van der Waals surface area contributed by atoms with Gasteiger partial charge in [-0.2, -0.15) is 26.3 Å². The summed E-state index contributed by atoms with van der Waals surface area (Å²) in [7, 11) is 2.26. The lowest BCUT2D eigenvalue weighted by molar-refractivity contribution is -0.278. The fraction of sp³-hybridized carbons (Fsp3) is 0.350. The lowest BCUT2D eigenvalue weighted by atomic mass is 9.92. The Hall–Kier alpha value is -4.88. The monoisotopic (exact) mass is 743 g/mol. The minimum atomic E-state index is -5.27. The number of nitrogens with zero attached hydrogens (tertiary/aromatic N) is 1. The van der Waals surface area contributed by atoms with Crippen molar-refractivity contribution in [2.24, 2.45) is 0 Å². The largest absolute Gasteiger partial charge is 0.497 e. The van der Waals surface area contributed by atoms with Gasteiger partial charge in [-0.05, 0) is 47.7 Å². The second-order valence-corrected chi connectivity index (χ2v) is 12.7. The van der Waals surface area contributed by atoms with E-state index < -0.39 is 53.3 Å². The van der Waals surface area contributed by atoms with Crippen molar-refractivity contribution in [2.45, 2.75) is 75.0 Å². The van der Waals surface area contributed by atoms with Gasteiger partial charge in [0, 0.05) is 25.6 Å². The summed E-state index contributed by atoms with van der Waals surface area (Å²) >= 11 is 0. The maximum absolute atomic E-state index is 14.8. The molecule has 1 aliphatic heterocycles. The molecule has 0 saturated carbocycles. The zero-order valence-corrected chi connectivity index (χ0v) is 29.0. The van der Waals surface area contributed by atoms with E-state index in [1.807, 2.05) is 30.3 Å².